The van der Waals surface area contributed by atoms with Gasteiger partial charge in [0.2, 0.25) is 0 Å². The van der Waals surface area contributed by atoms with Crippen molar-refractivity contribution in [2.75, 3.05) is 31.2 Å². The number of fused-ring (bicyclic) bond motifs is 1. The molecule has 1 aliphatic rings. The highest BCUT2D eigenvalue weighted by Crippen LogP contribution is 2.31. The van der Waals surface area contributed by atoms with Gasteiger partial charge in [0.15, 0.2) is 5.65 Å². The Bertz CT molecular complexity index is 1340. The second-order valence-electron chi connectivity index (χ2n) is 8.18. The summed E-state index contributed by atoms with van der Waals surface area (Å²) in [6, 6.07) is 13.4. The maximum absolute atomic E-state index is 12.2. The number of ether oxygens (including phenoxy) is 2. The van der Waals surface area contributed by atoms with Crippen LogP contribution in [0.5, 0.6) is 11.8 Å². The van der Waals surface area contributed by atoms with Gasteiger partial charge in [-0.15, -0.1) is 0 Å². The van der Waals surface area contributed by atoms with Crippen molar-refractivity contribution in [1.29, 1.82) is 0 Å². The minimum Gasteiger partial charge on any atom is -0.425 e. The van der Waals surface area contributed by atoms with Gasteiger partial charge in [-0.25, -0.2) is 4.98 Å². The number of H-pyrrole nitrogens is 1. The summed E-state index contributed by atoms with van der Waals surface area (Å²) >= 11 is 6.54. The van der Waals surface area contributed by atoms with Crippen LogP contribution in [0.2, 0.25) is 5.02 Å². The number of pyridine rings is 2. The molecule has 8 nitrogen and oxygen atoms in total. The van der Waals surface area contributed by atoms with E-state index in [1.54, 1.807) is 22.9 Å². The molecule has 4 aromatic rings. The normalized spacial score (nSPS) is 14.2. The number of halogens is 1. The number of benzene rings is 1. The van der Waals surface area contributed by atoms with Crippen LogP contribution in [0.25, 0.3) is 22.4 Å². The van der Waals surface area contributed by atoms with E-state index in [-0.39, 0.29) is 17.6 Å². The van der Waals surface area contributed by atoms with E-state index in [9.17, 15) is 4.79 Å². The van der Waals surface area contributed by atoms with Gasteiger partial charge >= 0.3 is 6.01 Å². The van der Waals surface area contributed by atoms with E-state index in [1.165, 1.54) is 6.07 Å². The lowest BCUT2D eigenvalue weighted by Gasteiger charge is -2.28. The molecule has 1 saturated heterocycles. The Hall–Kier alpha value is -3.36. The fourth-order valence-corrected chi connectivity index (χ4v) is 4.13. The Kier molecular flexibility index (Phi) is 5.78. The van der Waals surface area contributed by atoms with Gasteiger partial charge in [-0.3, -0.25) is 4.79 Å². The molecule has 0 spiro atoms. The molecule has 0 atom stereocenters. The highest BCUT2D eigenvalue weighted by atomic mass is 35.5. The standard InChI is InChI=1S/C24H24ClN5O3/c1-15(2)30-8-7-18(13-21(30)31)33-24-26-20-14-19(25)22(27-23(20)28-24)16-3-5-17(6-4-16)29-9-11-32-12-10-29/h3-8,13-15H,9-12H2,1-2H3,(H,26,27,28). The summed E-state index contributed by atoms with van der Waals surface area (Å²) in [6.07, 6.45) is 1.71. The first-order valence-corrected chi connectivity index (χ1v) is 11.2. The maximum atomic E-state index is 12.2. The van der Waals surface area contributed by atoms with Crippen LogP contribution in [0, 0.1) is 0 Å². The number of hydrogen-bond acceptors (Lipinski definition) is 6. The highest BCUT2D eigenvalue weighted by Gasteiger charge is 2.15. The van der Waals surface area contributed by atoms with Crippen molar-refractivity contribution in [2.45, 2.75) is 19.9 Å². The number of aromatic amines is 1. The number of morpholine rings is 1. The lowest BCUT2D eigenvalue weighted by Crippen LogP contribution is -2.36. The van der Waals surface area contributed by atoms with Crippen LogP contribution in [0.4, 0.5) is 5.69 Å². The van der Waals surface area contributed by atoms with Crippen molar-refractivity contribution < 1.29 is 9.47 Å². The number of hydrogen-bond donors (Lipinski definition) is 1. The topological polar surface area (TPSA) is 85.3 Å². The van der Waals surface area contributed by atoms with Crippen molar-refractivity contribution in [1.82, 2.24) is 19.5 Å². The first-order chi connectivity index (χ1) is 16.0. The van der Waals surface area contributed by atoms with Crippen LogP contribution in [0.1, 0.15) is 19.9 Å². The molecule has 9 heteroatoms. The molecule has 1 aliphatic heterocycles. The van der Waals surface area contributed by atoms with Crippen molar-refractivity contribution in [3.05, 3.63) is 64.0 Å². The highest BCUT2D eigenvalue weighted by molar-refractivity contribution is 6.33. The zero-order valence-electron chi connectivity index (χ0n) is 18.4. The smallest absolute Gasteiger partial charge is 0.301 e. The Morgan fingerprint density at radius 2 is 1.85 bits per heavy atom. The van der Waals surface area contributed by atoms with E-state index in [1.807, 2.05) is 26.0 Å². The molecule has 3 aromatic heterocycles. The first-order valence-electron chi connectivity index (χ1n) is 10.9. The number of rotatable bonds is 5. The van der Waals surface area contributed by atoms with Crippen LogP contribution in [0.15, 0.2) is 53.5 Å². The number of aromatic nitrogens is 4. The van der Waals surface area contributed by atoms with Gasteiger partial charge < -0.3 is 23.9 Å². The minimum absolute atomic E-state index is 0.0745. The molecule has 170 valence electrons. The Balaban J connectivity index is 1.40. The monoisotopic (exact) mass is 465 g/mol. The van der Waals surface area contributed by atoms with Crippen LogP contribution < -0.4 is 15.2 Å². The van der Waals surface area contributed by atoms with Crippen molar-refractivity contribution in [3.8, 4) is 23.0 Å². The molecule has 0 aliphatic carbocycles. The average Bonchev–Trinajstić information content (AvgIpc) is 3.20. The zero-order valence-corrected chi connectivity index (χ0v) is 19.2. The summed E-state index contributed by atoms with van der Waals surface area (Å²) in [6.45, 7) is 7.15. The Morgan fingerprint density at radius 1 is 1.09 bits per heavy atom. The predicted octanol–water partition coefficient (Wildman–Crippen LogP) is 4.65. The van der Waals surface area contributed by atoms with E-state index in [4.69, 9.17) is 21.1 Å². The third kappa shape index (κ3) is 4.44. The maximum Gasteiger partial charge on any atom is 0.301 e. The van der Waals surface area contributed by atoms with Crippen molar-refractivity contribution in [3.63, 3.8) is 0 Å². The summed E-state index contributed by atoms with van der Waals surface area (Å²) in [4.78, 5) is 26.7. The zero-order chi connectivity index (χ0) is 22.9. The lowest BCUT2D eigenvalue weighted by atomic mass is 10.1. The summed E-state index contributed by atoms with van der Waals surface area (Å²) in [5.74, 6) is 0.404. The molecular weight excluding hydrogens is 442 g/mol. The molecule has 5 rings (SSSR count). The molecule has 0 radical (unpaired) electrons. The molecular formula is C24H24ClN5O3. The third-order valence-corrected chi connectivity index (χ3v) is 5.90. The van der Waals surface area contributed by atoms with Crippen LogP contribution >= 0.6 is 11.6 Å². The number of imidazole rings is 1. The molecule has 1 fully saturated rings. The first kappa shape index (κ1) is 21.5. The summed E-state index contributed by atoms with van der Waals surface area (Å²) in [5.41, 5.74) is 3.70. The quantitative estimate of drug-likeness (QED) is 0.461. The predicted molar refractivity (Wildman–Crippen MR) is 129 cm³/mol. The SMILES string of the molecule is CC(C)n1ccc(Oc2nc3nc(-c4ccc(N5CCOCC5)cc4)c(Cl)cc3[nH]2)cc1=O. The van der Waals surface area contributed by atoms with E-state index in [2.05, 4.69) is 32.0 Å². The minimum atomic E-state index is -0.136. The summed E-state index contributed by atoms with van der Waals surface area (Å²) < 4.78 is 12.8. The van der Waals surface area contributed by atoms with E-state index in [0.717, 1.165) is 37.6 Å². The fourth-order valence-electron chi connectivity index (χ4n) is 3.87. The van der Waals surface area contributed by atoms with Gasteiger partial charge in [0, 0.05) is 42.6 Å². The fraction of sp³-hybridized carbons (Fsp3) is 0.292. The second-order valence-corrected chi connectivity index (χ2v) is 8.59. The molecule has 1 N–H and O–H groups in total. The van der Waals surface area contributed by atoms with E-state index in [0.29, 0.717) is 27.6 Å². The van der Waals surface area contributed by atoms with Crippen molar-refractivity contribution >= 4 is 28.5 Å². The molecule has 0 unspecified atom stereocenters. The average molecular weight is 466 g/mol. The van der Waals surface area contributed by atoms with Gasteiger partial charge in [0.25, 0.3) is 5.56 Å². The third-order valence-electron chi connectivity index (χ3n) is 5.61. The molecule has 0 amide bonds. The molecule has 4 heterocycles. The van der Waals surface area contributed by atoms with E-state index >= 15 is 0 Å². The van der Waals surface area contributed by atoms with Gasteiger partial charge in [-0.05, 0) is 38.1 Å². The van der Waals surface area contributed by atoms with Crippen molar-refractivity contribution in [2.24, 2.45) is 0 Å². The lowest BCUT2D eigenvalue weighted by molar-refractivity contribution is 0.122. The van der Waals surface area contributed by atoms with Gasteiger partial charge in [0.1, 0.15) is 5.75 Å². The number of nitrogens with zero attached hydrogens (tertiary/aromatic N) is 4. The van der Waals surface area contributed by atoms with E-state index < -0.39 is 0 Å². The Morgan fingerprint density at radius 3 is 2.55 bits per heavy atom. The molecule has 0 bridgehead atoms. The van der Waals surface area contributed by atoms with Crippen LogP contribution in [0.3, 0.4) is 0 Å². The second kappa shape index (κ2) is 8.88. The summed E-state index contributed by atoms with van der Waals surface area (Å²) in [5, 5.41) is 0.511. The Labute approximate surface area is 195 Å². The molecule has 0 saturated carbocycles. The largest absolute Gasteiger partial charge is 0.425 e. The molecule has 1 aromatic carbocycles. The number of anilines is 1. The van der Waals surface area contributed by atoms with Crippen LogP contribution in [-0.4, -0.2) is 45.8 Å². The van der Waals surface area contributed by atoms with Gasteiger partial charge in [0.05, 0.1) is 29.4 Å². The number of nitrogens with one attached hydrogen (secondary N) is 1. The molecule has 33 heavy (non-hydrogen) atoms. The van der Waals surface area contributed by atoms with Crippen LogP contribution in [-0.2, 0) is 4.74 Å². The van der Waals surface area contributed by atoms with Gasteiger partial charge in [-0.2, -0.15) is 4.98 Å². The van der Waals surface area contributed by atoms with Gasteiger partial charge in [-0.1, -0.05) is 23.7 Å². The summed E-state index contributed by atoms with van der Waals surface area (Å²) in [7, 11) is 0.